The molecule has 2 rings (SSSR count). The zero-order valence-electron chi connectivity index (χ0n) is 13.4. The Kier molecular flexibility index (Phi) is 6.85. The fourth-order valence-corrected chi connectivity index (χ4v) is 2.00. The first-order chi connectivity index (χ1) is 11.3. The second kappa shape index (κ2) is 9.41. The summed E-state index contributed by atoms with van der Waals surface area (Å²) < 4.78 is 5.76. The zero-order valence-corrected chi connectivity index (χ0v) is 13.4. The van der Waals surface area contributed by atoms with Gasteiger partial charge in [0, 0.05) is 6.42 Å². The zero-order chi connectivity index (χ0) is 16.3. The van der Waals surface area contributed by atoms with Crippen molar-refractivity contribution in [3.8, 4) is 5.75 Å². The summed E-state index contributed by atoms with van der Waals surface area (Å²) >= 11 is 0. The van der Waals surface area contributed by atoms with Crippen molar-refractivity contribution >= 4 is 12.1 Å². The molecule has 0 spiro atoms. The summed E-state index contributed by atoms with van der Waals surface area (Å²) in [5, 5.41) is 3.97. The fraction of sp³-hybridized carbons (Fsp3) is 0.263. The maximum absolute atomic E-state index is 11.5. The highest BCUT2D eigenvalue weighted by Gasteiger charge is 1.99. The van der Waals surface area contributed by atoms with Gasteiger partial charge in [-0.2, -0.15) is 5.10 Å². The molecule has 0 aliphatic carbocycles. The van der Waals surface area contributed by atoms with Crippen molar-refractivity contribution in [2.24, 2.45) is 5.10 Å². The van der Waals surface area contributed by atoms with Gasteiger partial charge in [-0.05, 0) is 29.7 Å². The number of rotatable bonds is 8. The molecule has 1 amide bonds. The third-order valence-electron chi connectivity index (χ3n) is 3.27. The van der Waals surface area contributed by atoms with E-state index in [9.17, 15) is 4.79 Å². The van der Waals surface area contributed by atoms with Crippen molar-refractivity contribution in [1.82, 2.24) is 5.43 Å². The second-order valence-corrected chi connectivity index (χ2v) is 5.24. The van der Waals surface area contributed by atoms with Gasteiger partial charge < -0.3 is 4.74 Å². The van der Waals surface area contributed by atoms with E-state index in [1.54, 1.807) is 6.21 Å². The molecule has 0 atom stereocenters. The van der Waals surface area contributed by atoms with Crippen LogP contribution in [0.2, 0.25) is 0 Å². The van der Waals surface area contributed by atoms with Gasteiger partial charge >= 0.3 is 0 Å². The lowest BCUT2D eigenvalue weighted by molar-refractivity contribution is -0.121. The number of carbonyl (C=O) groups is 1. The SMILES string of the molecule is CCCCC(=O)N/N=C\c1cccc(OCc2ccccc2)c1. The van der Waals surface area contributed by atoms with Crippen LogP contribution >= 0.6 is 0 Å². The van der Waals surface area contributed by atoms with Crippen molar-refractivity contribution in [2.75, 3.05) is 0 Å². The van der Waals surface area contributed by atoms with Crippen LogP contribution in [0.5, 0.6) is 5.75 Å². The molecular formula is C19H22N2O2. The minimum Gasteiger partial charge on any atom is -0.489 e. The number of carbonyl (C=O) groups excluding carboxylic acids is 1. The number of ether oxygens (including phenoxy) is 1. The Morgan fingerprint density at radius 3 is 2.78 bits per heavy atom. The highest BCUT2D eigenvalue weighted by atomic mass is 16.5. The minimum atomic E-state index is -0.0559. The van der Waals surface area contributed by atoms with Crippen molar-refractivity contribution < 1.29 is 9.53 Å². The number of benzene rings is 2. The maximum atomic E-state index is 11.5. The van der Waals surface area contributed by atoms with Crippen LogP contribution in [0.1, 0.15) is 37.3 Å². The van der Waals surface area contributed by atoms with E-state index in [0.717, 1.165) is 29.7 Å². The first kappa shape index (κ1) is 16.7. The average molecular weight is 310 g/mol. The number of nitrogens with one attached hydrogen (secondary N) is 1. The molecule has 2 aromatic carbocycles. The predicted molar refractivity (Wildman–Crippen MR) is 92.5 cm³/mol. The molecule has 0 aliphatic rings. The van der Waals surface area contributed by atoms with E-state index in [0.29, 0.717) is 13.0 Å². The quantitative estimate of drug-likeness (QED) is 0.594. The summed E-state index contributed by atoms with van der Waals surface area (Å²) in [5.74, 6) is 0.717. The lowest BCUT2D eigenvalue weighted by atomic mass is 10.2. The van der Waals surface area contributed by atoms with Crippen LogP contribution in [-0.4, -0.2) is 12.1 Å². The largest absolute Gasteiger partial charge is 0.489 e. The lowest BCUT2D eigenvalue weighted by Crippen LogP contribution is -2.16. The number of hydrazone groups is 1. The molecule has 4 nitrogen and oxygen atoms in total. The normalized spacial score (nSPS) is 10.7. The van der Waals surface area contributed by atoms with E-state index in [1.807, 2.05) is 54.6 Å². The molecule has 0 aromatic heterocycles. The van der Waals surface area contributed by atoms with E-state index in [1.165, 1.54) is 0 Å². The summed E-state index contributed by atoms with van der Waals surface area (Å²) in [6, 6.07) is 17.6. The molecule has 0 fully saturated rings. The topological polar surface area (TPSA) is 50.7 Å². The molecule has 0 saturated carbocycles. The first-order valence-corrected chi connectivity index (χ1v) is 7.86. The Morgan fingerprint density at radius 1 is 1.17 bits per heavy atom. The number of amides is 1. The van der Waals surface area contributed by atoms with Gasteiger partial charge in [-0.3, -0.25) is 4.79 Å². The predicted octanol–water partition coefficient (Wildman–Crippen LogP) is 3.91. The summed E-state index contributed by atoms with van der Waals surface area (Å²) in [6.07, 6.45) is 4.01. The fourth-order valence-electron chi connectivity index (χ4n) is 2.00. The van der Waals surface area contributed by atoms with Crippen LogP contribution in [0.3, 0.4) is 0 Å². The third kappa shape index (κ3) is 6.34. The van der Waals surface area contributed by atoms with Crippen LogP contribution in [0, 0.1) is 0 Å². The second-order valence-electron chi connectivity index (χ2n) is 5.24. The molecule has 0 bridgehead atoms. The van der Waals surface area contributed by atoms with Crippen LogP contribution in [0.15, 0.2) is 59.7 Å². The molecule has 0 saturated heterocycles. The van der Waals surface area contributed by atoms with Gasteiger partial charge in [0.15, 0.2) is 0 Å². The highest BCUT2D eigenvalue weighted by Crippen LogP contribution is 2.14. The Hall–Kier alpha value is -2.62. The number of nitrogens with zero attached hydrogens (tertiary/aromatic N) is 1. The Balaban J connectivity index is 1.85. The van der Waals surface area contributed by atoms with Gasteiger partial charge in [0.1, 0.15) is 12.4 Å². The van der Waals surface area contributed by atoms with Crippen LogP contribution in [-0.2, 0) is 11.4 Å². The van der Waals surface area contributed by atoms with Crippen LogP contribution in [0.25, 0.3) is 0 Å². The average Bonchev–Trinajstić information content (AvgIpc) is 2.59. The molecule has 0 radical (unpaired) electrons. The van der Waals surface area contributed by atoms with Gasteiger partial charge in [0.05, 0.1) is 6.21 Å². The molecule has 0 heterocycles. The lowest BCUT2D eigenvalue weighted by Gasteiger charge is -2.06. The van der Waals surface area contributed by atoms with Gasteiger partial charge in [-0.15, -0.1) is 0 Å². The highest BCUT2D eigenvalue weighted by molar-refractivity contribution is 5.82. The maximum Gasteiger partial charge on any atom is 0.240 e. The van der Waals surface area contributed by atoms with Gasteiger partial charge in [0.2, 0.25) is 5.91 Å². The molecule has 23 heavy (non-hydrogen) atoms. The third-order valence-corrected chi connectivity index (χ3v) is 3.27. The monoisotopic (exact) mass is 310 g/mol. The van der Waals surface area contributed by atoms with Gasteiger partial charge in [-0.1, -0.05) is 55.8 Å². The molecule has 2 aromatic rings. The van der Waals surface area contributed by atoms with Crippen molar-refractivity contribution in [3.05, 3.63) is 65.7 Å². The van der Waals surface area contributed by atoms with Gasteiger partial charge in [0.25, 0.3) is 0 Å². The molecule has 4 heteroatoms. The molecule has 1 N–H and O–H groups in total. The minimum absolute atomic E-state index is 0.0559. The van der Waals surface area contributed by atoms with Crippen molar-refractivity contribution in [3.63, 3.8) is 0 Å². The van der Waals surface area contributed by atoms with E-state index in [2.05, 4.69) is 17.5 Å². The summed E-state index contributed by atoms with van der Waals surface area (Å²) in [7, 11) is 0. The Morgan fingerprint density at radius 2 is 2.00 bits per heavy atom. The van der Waals surface area contributed by atoms with E-state index in [4.69, 9.17) is 4.74 Å². The first-order valence-electron chi connectivity index (χ1n) is 7.86. The molecular weight excluding hydrogens is 288 g/mol. The van der Waals surface area contributed by atoms with E-state index in [-0.39, 0.29) is 5.91 Å². The molecule has 0 aliphatic heterocycles. The standard InChI is InChI=1S/C19H22N2O2/c1-2-3-12-19(22)21-20-14-17-10-7-11-18(13-17)23-15-16-8-5-4-6-9-16/h4-11,13-14H,2-3,12,15H2,1H3,(H,21,22)/b20-14-. The van der Waals surface area contributed by atoms with Gasteiger partial charge in [-0.25, -0.2) is 5.43 Å². The molecule has 120 valence electrons. The summed E-state index contributed by atoms with van der Waals surface area (Å²) in [4.78, 5) is 11.5. The number of hydrogen-bond donors (Lipinski definition) is 1. The van der Waals surface area contributed by atoms with E-state index < -0.39 is 0 Å². The summed E-state index contributed by atoms with van der Waals surface area (Å²) in [6.45, 7) is 2.58. The van der Waals surface area contributed by atoms with E-state index >= 15 is 0 Å². The number of hydrogen-bond acceptors (Lipinski definition) is 3. The Bertz CT molecular complexity index is 639. The van der Waals surface area contributed by atoms with Crippen molar-refractivity contribution in [1.29, 1.82) is 0 Å². The smallest absolute Gasteiger partial charge is 0.240 e. The van der Waals surface area contributed by atoms with Crippen LogP contribution in [0.4, 0.5) is 0 Å². The summed E-state index contributed by atoms with van der Waals surface area (Å²) in [5.41, 5.74) is 4.53. The number of unbranched alkanes of at least 4 members (excludes halogenated alkanes) is 1. The Labute approximate surface area is 137 Å². The van der Waals surface area contributed by atoms with Crippen LogP contribution < -0.4 is 10.2 Å². The molecule has 0 unspecified atom stereocenters. The van der Waals surface area contributed by atoms with Crippen molar-refractivity contribution in [2.45, 2.75) is 32.8 Å².